The Kier molecular flexibility index (Phi) is 2.38. The lowest BCUT2D eigenvalue weighted by Gasteiger charge is -1.93. The SMILES string of the molecule is O=C(OCl)c1cncc(F)c1. The molecule has 0 atom stereocenters. The molecule has 1 aromatic rings. The fourth-order valence-corrected chi connectivity index (χ4v) is 0.657. The van der Waals surface area contributed by atoms with E-state index in [1.807, 2.05) is 0 Å². The Balaban J connectivity index is 2.96. The minimum atomic E-state index is -0.821. The average Bonchev–Trinajstić information content (AvgIpc) is 2.03. The van der Waals surface area contributed by atoms with Gasteiger partial charge < -0.3 is 4.29 Å². The van der Waals surface area contributed by atoms with E-state index >= 15 is 0 Å². The number of aromatic nitrogens is 1. The summed E-state index contributed by atoms with van der Waals surface area (Å²) in [5, 5.41) is 0. The van der Waals surface area contributed by atoms with Crippen LogP contribution in [0.3, 0.4) is 0 Å². The average molecular weight is 176 g/mol. The first kappa shape index (κ1) is 7.94. The molecule has 0 amide bonds. The first-order valence-electron chi connectivity index (χ1n) is 2.67. The summed E-state index contributed by atoms with van der Waals surface area (Å²) >= 11 is 4.74. The molecule has 0 fully saturated rings. The molecule has 0 saturated carbocycles. The van der Waals surface area contributed by atoms with Crippen LogP contribution in [0.1, 0.15) is 10.4 Å². The Morgan fingerprint density at radius 1 is 1.64 bits per heavy atom. The predicted molar refractivity (Wildman–Crippen MR) is 35.5 cm³/mol. The second-order valence-corrected chi connectivity index (χ2v) is 1.91. The summed E-state index contributed by atoms with van der Waals surface area (Å²) in [6.45, 7) is 0. The molecule has 0 unspecified atom stereocenters. The Hall–Kier alpha value is -1.16. The van der Waals surface area contributed by atoms with E-state index in [0.29, 0.717) is 0 Å². The molecule has 5 heteroatoms. The van der Waals surface area contributed by atoms with E-state index in [1.165, 1.54) is 0 Å². The van der Waals surface area contributed by atoms with Gasteiger partial charge in [-0.3, -0.25) is 4.98 Å². The van der Waals surface area contributed by atoms with Crippen LogP contribution in [0, 0.1) is 5.82 Å². The molecular formula is C6H3ClFNO2. The number of nitrogens with zero attached hydrogens (tertiary/aromatic N) is 1. The number of halogens is 2. The summed E-state index contributed by atoms with van der Waals surface area (Å²) in [5.74, 6) is -1.43. The number of carbonyl (C=O) groups is 1. The molecule has 1 heterocycles. The Morgan fingerprint density at radius 2 is 2.36 bits per heavy atom. The monoisotopic (exact) mass is 175 g/mol. The minimum absolute atomic E-state index is 0.0139. The van der Waals surface area contributed by atoms with Gasteiger partial charge in [-0.2, -0.15) is 0 Å². The van der Waals surface area contributed by atoms with Gasteiger partial charge in [0, 0.05) is 6.20 Å². The van der Waals surface area contributed by atoms with Gasteiger partial charge in [-0.1, -0.05) is 0 Å². The Bertz CT molecular complexity index is 279. The highest BCUT2D eigenvalue weighted by Crippen LogP contribution is 2.03. The van der Waals surface area contributed by atoms with Crippen LogP contribution >= 0.6 is 11.9 Å². The predicted octanol–water partition coefficient (Wildman–Crippen LogP) is 1.53. The summed E-state index contributed by atoms with van der Waals surface area (Å²) in [5.41, 5.74) is -0.0139. The van der Waals surface area contributed by atoms with E-state index < -0.39 is 11.8 Å². The molecule has 0 aliphatic carbocycles. The number of rotatable bonds is 1. The van der Waals surface area contributed by atoms with Gasteiger partial charge >= 0.3 is 5.97 Å². The number of hydrogen-bond donors (Lipinski definition) is 0. The van der Waals surface area contributed by atoms with Crippen LogP contribution in [0.25, 0.3) is 0 Å². The van der Waals surface area contributed by atoms with Crippen molar-refractivity contribution in [3.8, 4) is 0 Å². The molecule has 0 radical (unpaired) electrons. The van der Waals surface area contributed by atoms with Crippen molar-refractivity contribution in [3.63, 3.8) is 0 Å². The molecule has 1 rings (SSSR count). The fourth-order valence-electron chi connectivity index (χ4n) is 0.568. The quantitative estimate of drug-likeness (QED) is 0.650. The van der Waals surface area contributed by atoms with Crippen molar-refractivity contribution in [2.45, 2.75) is 0 Å². The zero-order chi connectivity index (χ0) is 8.27. The lowest BCUT2D eigenvalue weighted by Crippen LogP contribution is -1.98. The second-order valence-electron chi connectivity index (χ2n) is 1.76. The zero-order valence-corrected chi connectivity index (χ0v) is 6.01. The molecule has 0 spiro atoms. The largest absolute Gasteiger partial charge is 0.357 e. The summed E-state index contributed by atoms with van der Waals surface area (Å²) in [6.07, 6.45) is 2.14. The molecule has 58 valence electrons. The summed E-state index contributed by atoms with van der Waals surface area (Å²) in [7, 11) is 0. The third-order valence-corrected chi connectivity index (χ3v) is 1.15. The second kappa shape index (κ2) is 3.30. The van der Waals surface area contributed by atoms with E-state index in [9.17, 15) is 9.18 Å². The van der Waals surface area contributed by atoms with Crippen LogP contribution in [0.4, 0.5) is 4.39 Å². The summed E-state index contributed by atoms with van der Waals surface area (Å²) in [4.78, 5) is 14.0. The van der Waals surface area contributed by atoms with Crippen LogP contribution in [0.2, 0.25) is 0 Å². The van der Waals surface area contributed by atoms with Gasteiger partial charge in [0.1, 0.15) is 17.7 Å². The number of hydrogen-bond acceptors (Lipinski definition) is 3. The topological polar surface area (TPSA) is 39.2 Å². The van der Waals surface area contributed by atoms with Crippen molar-refractivity contribution in [2.24, 2.45) is 0 Å². The van der Waals surface area contributed by atoms with E-state index in [0.717, 1.165) is 18.5 Å². The number of carbonyl (C=O) groups excluding carboxylic acids is 1. The van der Waals surface area contributed by atoms with Crippen molar-refractivity contribution in [1.82, 2.24) is 4.98 Å². The van der Waals surface area contributed by atoms with Gasteiger partial charge in [-0.05, 0) is 6.07 Å². The van der Waals surface area contributed by atoms with E-state index in [2.05, 4.69) is 9.27 Å². The van der Waals surface area contributed by atoms with Gasteiger partial charge in [0.15, 0.2) is 0 Å². The molecule has 0 aliphatic rings. The lowest BCUT2D eigenvalue weighted by atomic mass is 10.3. The van der Waals surface area contributed by atoms with E-state index in [1.54, 1.807) is 0 Å². The van der Waals surface area contributed by atoms with Gasteiger partial charge in [0.2, 0.25) is 0 Å². The molecule has 11 heavy (non-hydrogen) atoms. The summed E-state index contributed by atoms with van der Waals surface area (Å²) in [6, 6.07) is 0.984. The highest BCUT2D eigenvalue weighted by Gasteiger charge is 2.06. The van der Waals surface area contributed by atoms with Gasteiger partial charge in [-0.25, -0.2) is 9.18 Å². The maximum atomic E-state index is 12.4. The zero-order valence-electron chi connectivity index (χ0n) is 5.25. The van der Waals surface area contributed by atoms with E-state index in [-0.39, 0.29) is 5.56 Å². The van der Waals surface area contributed by atoms with Crippen molar-refractivity contribution in [2.75, 3.05) is 0 Å². The van der Waals surface area contributed by atoms with Crippen molar-refractivity contribution in [1.29, 1.82) is 0 Å². The van der Waals surface area contributed by atoms with Crippen molar-refractivity contribution in [3.05, 3.63) is 29.8 Å². The molecule has 3 nitrogen and oxygen atoms in total. The third kappa shape index (κ3) is 1.88. The van der Waals surface area contributed by atoms with Crippen LogP contribution < -0.4 is 0 Å². The van der Waals surface area contributed by atoms with Crippen molar-refractivity contribution < 1.29 is 13.5 Å². The molecule has 0 aromatic carbocycles. The molecule has 0 saturated heterocycles. The smallest absolute Gasteiger partial charge is 0.343 e. The number of pyridine rings is 1. The Labute approximate surface area is 66.9 Å². The third-order valence-electron chi connectivity index (χ3n) is 1.01. The highest BCUT2D eigenvalue weighted by molar-refractivity contribution is 6.15. The van der Waals surface area contributed by atoms with Crippen LogP contribution in [-0.4, -0.2) is 11.0 Å². The van der Waals surface area contributed by atoms with Crippen LogP contribution in [0.15, 0.2) is 18.5 Å². The van der Waals surface area contributed by atoms with Crippen molar-refractivity contribution >= 4 is 17.8 Å². The standard InChI is InChI=1S/C6H3ClFNO2/c7-11-6(10)4-1-5(8)3-9-2-4/h1-3H. The molecule has 0 N–H and O–H groups in total. The molecule has 0 bridgehead atoms. The van der Waals surface area contributed by atoms with Gasteiger partial charge in [0.25, 0.3) is 0 Å². The Morgan fingerprint density at radius 3 is 2.91 bits per heavy atom. The first-order chi connectivity index (χ1) is 5.24. The maximum Gasteiger partial charge on any atom is 0.357 e. The fraction of sp³-hybridized carbons (Fsp3) is 0. The van der Waals surface area contributed by atoms with E-state index in [4.69, 9.17) is 11.9 Å². The lowest BCUT2D eigenvalue weighted by molar-refractivity contribution is 0.0750. The van der Waals surface area contributed by atoms with Crippen LogP contribution in [0.5, 0.6) is 0 Å². The van der Waals surface area contributed by atoms with Gasteiger partial charge in [-0.15, -0.1) is 0 Å². The van der Waals surface area contributed by atoms with Gasteiger partial charge in [0.05, 0.1) is 11.8 Å². The minimum Gasteiger partial charge on any atom is -0.343 e. The molecular weight excluding hydrogens is 173 g/mol. The normalized spacial score (nSPS) is 9.27. The molecule has 0 aliphatic heterocycles. The first-order valence-corrected chi connectivity index (χ1v) is 2.98. The maximum absolute atomic E-state index is 12.4. The summed E-state index contributed by atoms with van der Waals surface area (Å²) < 4.78 is 16.2. The molecule has 1 aromatic heterocycles. The van der Waals surface area contributed by atoms with Crippen LogP contribution in [-0.2, 0) is 4.29 Å². The highest BCUT2D eigenvalue weighted by atomic mass is 35.5.